The van der Waals surface area contributed by atoms with Crippen LogP contribution in [0.3, 0.4) is 0 Å². The van der Waals surface area contributed by atoms with Crippen LogP contribution < -0.4 is 0 Å². The smallest absolute Gasteiger partial charge is 0.195 e. The van der Waals surface area contributed by atoms with Gasteiger partial charge in [-0.2, -0.15) is 0 Å². The second-order valence-corrected chi connectivity index (χ2v) is 5.56. The van der Waals surface area contributed by atoms with Crippen LogP contribution in [0.5, 0.6) is 11.5 Å². The second kappa shape index (κ2) is 3.98. The Bertz CT molecular complexity index is 940. The zero-order valence-electron chi connectivity index (χ0n) is 10.3. The van der Waals surface area contributed by atoms with Crippen LogP contribution in [0.4, 0.5) is 0 Å². The Balaban J connectivity index is 1.97. The topological polar surface area (TPSA) is 57.8 Å². The number of hydrogen-bond acceptors (Lipinski definition) is 4. The van der Waals surface area contributed by atoms with Crippen LogP contribution in [-0.4, -0.2) is 19.6 Å². The molecule has 0 unspecified atom stereocenters. The van der Waals surface area contributed by atoms with Gasteiger partial charge in [0.25, 0.3) is 0 Å². The molecule has 0 saturated heterocycles. The third-order valence-corrected chi connectivity index (χ3v) is 4.29. The van der Waals surface area contributed by atoms with E-state index in [0.29, 0.717) is 11.3 Å². The molecule has 98 valence electrons. The maximum absolute atomic E-state index is 9.91. The first-order chi connectivity index (χ1) is 9.72. The van der Waals surface area contributed by atoms with Gasteiger partial charge in [0.2, 0.25) is 0 Å². The molecule has 0 amide bonds. The van der Waals surface area contributed by atoms with Gasteiger partial charge >= 0.3 is 0 Å². The molecule has 5 heteroatoms. The molecule has 0 atom stereocenters. The number of hydrogen-bond donors (Lipinski definition) is 2. The second-order valence-electron chi connectivity index (χ2n) is 4.55. The molecular formula is C15H10N2O2S. The summed E-state index contributed by atoms with van der Waals surface area (Å²) >= 11 is 1.61. The molecule has 20 heavy (non-hydrogen) atoms. The maximum atomic E-state index is 9.91. The molecule has 4 aromatic rings. The maximum Gasteiger partial charge on any atom is 0.195 e. The number of thiazole rings is 1. The monoisotopic (exact) mass is 282 g/mol. The molecule has 0 saturated carbocycles. The Morgan fingerprint density at radius 3 is 2.75 bits per heavy atom. The van der Waals surface area contributed by atoms with Gasteiger partial charge in [-0.15, -0.1) is 0 Å². The molecule has 2 aromatic heterocycles. The first kappa shape index (κ1) is 11.3. The predicted molar refractivity (Wildman–Crippen MR) is 79.3 cm³/mol. The molecular weight excluding hydrogens is 272 g/mol. The fraction of sp³-hybridized carbons (Fsp3) is 0. The number of aromatic hydroxyl groups is 2. The quantitative estimate of drug-likeness (QED) is 0.560. The molecule has 4 rings (SSSR count). The Hall–Kier alpha value is -2.53. The van der Waals surface area contributed by atoms with Gasteiger partial charge in [0.05, 0.1) is 15.9 Å². The van der Waals surface area contributed by atoms with Gasteiger partial charge in [-0.25, -0.2) is 4.98 Å². The van der Waals surface area contributed by atoms with Crippen molar-refractivity contribution in [3.05, 3.63) is 48.7 Å². The van der Waals surface area contributed by atoms with Crippen molar-refractivity contribution in [1.82, 2.24) is 9.38 Å². The third kappa shape index (κ3) is 1.57. The SMILES string of the molecule is Oc1ccc(-c2cn3c(n2)sc2ccccc23)c(O)c1. The minimum absolute atomic E-state index is 0.0278. The van der Waals surface area contributed by atoms with E-state index < -0.39 is 0 Å². The molecule has 0 spiro atoms. The number of nitrogens with zero attached hydrogens (tertiary/aromatic N) is 2. The van der Waals surface area contributed by atoms with E-state index in [4.69, 9.17) is 0 Å². The summed E-state index contributed by atoms with van der Waals surface area (Å²) in [6.45, 7) is 0. The number of phenolic OH excluding ortho intramolecular Hbond substituents is 2. The zero-order valence-corrected chi connectivity index (χ0v) is 11.1. The van der Waals surface area contributed by atoms with Crippen molar-refractivity contribution in [3.8, 4) is 22.8 Å². The van der Waals surface area contributed by atoms with Crippen molar-refractivity contribution in [1.29, 1.82) is 0 Å². The predicted octanol–water partition coefficient (Wildman–Crippen LogP) is 3.63. The summed E-state index contributed by atoms with van der Waals surface area (Å²) in [6.07, 6.45) is 1.90. The van der Waals surface area contributed by atoms with Crippen LogP contribution in [0.15, 0.2) is 48.7 Å². The van der Waals surface area contributed by atoms with Crippen LogP contribution in [0, 0.1) is 0 Å². The minimum Gasteiger partial charge on any atom is -0.508 e. The highest BCUT2D eigenvalue weighted by atomic mass is 32.1. The third-order valence-electron chi connectivity index (χ3n) is 3.26. The van der Waals surface area contributed by atoms with E-state index in [1.165, 1.54) is 10.8 Å². The Labute approximate surface area is 118 Å². The molecule has 2 heterocycles. The lowest BCUT2D eigenvalue weighted by molar-refractivity contribution is 0.452. The van der Waals surface area contributed by atoms with E-state index in [1.807, 2.05) is 28.8 Å². The van der Waals surface area contributed by atoms with Gasteiger partial charge in [-0.05, 0) is 24.3 Å². The number of phenols is 2. The van der Waals surface area contributed by atoms with Gasteiger partial charge in [-0.3, -0.25) is 4.40 Å². The summed E-state index contributed by atoms with van der Waals surface area (Å²) in [5.41, 5.74) is 2.41. The van der Waals surface area contributed by atoms with Crippen LogP contribution in [-0.2, 0) is 0 Å². The first-order valence-electron chi connectivity index (χ1n) is 6.11. The highest BCUT2D eigenvalue weighted by Gasteiger charge is 2.12. The summed E-state index contributed by atoms with van der Waals surface area (Å²) in [5.74, 6) is 0.0674. The van der Waals surface area contributed by atoms with Crippen molar-refractivity contribution in [2.45, 2.75) is 0 Å². The van der Waals surface area contributed by atoms with E-state index in [-0.39, 0.29) is 11.5 Å². The molecule has 0 aliphatic carbocycles. The normalized spacial score (nSPS) is 11.4. The number of fused-ring (bicyclic) bond motifs is 3. The van der Waals surface area contributed by atoms with E-state index in [1.54, 1.807) is 23.5 Å². The van der Waals surface area contributed by atoms with Crippen molar-refractivity contribution in [2.75, 3.05) is 0 Å². The van der Waals surface area contributed by atoms with Gasteiger partial charge in [0, 0.05) is 17.8 Å². The summed E-state index contributed by atoms with van der Waals surface area (Å²) in [7, 11) is 0. The first-order valence-corrected chi connectivity index (χ1v) is 6.93. The number of benzene rings is 2. The summed E-state index contributed by atoms with van der Waals surface area (Å²) in [4.78, 5) is 5.43. The van der Waals surface area contributed by atoms with Crippen molar-refractivity contribution in [2.24, 2.45) is 0 Å². The van der Waals surface area contributed by atoms with Crippen LogP contribution in [0.2, 0.25) is 0 Å². The van der Waals surface area contributed by atoms with E-state index in [2.05, 4.69) is 11.1 Å². The Morgan fingerprint density at radius 2 is 1.90 bits per heavy atom. The Kier molecular flexibility index (Phi) is 2.25. The van der Waals surface area contributed by atoms with Crippen LogP contribution in [0.25, 0.3) is 26.4 Å². The van der Waals surface area contributed by atoms with Gasteiger partial charge < -0.3 is 10.2 Å². The molecule has 2 aromatic carbocycles. The molecule has 2 N–H and O–H groups in total. The summed E-state index contributed by atoms with van der Waals surface area (Å²) in [6, 6.07) is 12.6. The highest BCUT2D eigenvalue weighted by Crippen LogP contribution is 2.34. The molecule has 4 nitrogen and oxygen atoms in total. The molecule has 0 aliphatic heterocycles. The lowest BCUT2D eigenvalue weighted by atomic mass is 10.1. The van der Waals surface area contributed by atoms with Gasteiger partial charge in [0.1, 0.15) is 11.5 Å². The van der Waals surface area contributed by atoms with Gasteiger partial charge in [0.15, 0.2) is 4.96 Å². The number of rotatable bonds is 1. The molecule has 0 fully saturated rings. The van der Waals surface area contributed by atoms with Crippen molar-refractivity contribution >= 4 is 26.5 Å². The lowest BCUT2D eigenvalue weighted by Crippen LogP contribution is -1.79. The van der Waals surface area contributed by atoms with Crippen molar-refractivity contribution in [3.63, 3.8) is 0 Å². The fourth-order valence-corrected chi connectivity index (χ4v) is 3.32. The van der Waals surface area contributed by atoms with Crippen molar-refractivity contribution < 1.29 is 10.2 Å². The van der Waals surface area contributed by atoms with Gasteiger partial charge in [-0.1, -0.05) is 23.5 Å². The molecule has 0 aliphatic rings. The molecule has 0 bridgehead atoms. The average molecular weight is 282 g/mol. The minimum atomic E-state index is 0.0278. The van der Waals surface area contributed by atoms with E-state index >= 15 is 0 Å². The van der Waals surface area contributed by atoms with E-state index in [0.717, 1.165) is 10.5 Å². The summed E-state index contributed by atoms with van der Waals surface area (Å²) < 4.78 is 3.19. The number of aromatic nitrogens is 2. The lowest BCUT2D eigenvalue weighted by Gasteiger charge is -2.01. The van der Waals surface area contributed by atoms with E-state index in [9.17, 15) is 10.2 Å². The average Bonchev–Trinajstić information content (AvgIpc) is 2.96. The number of para-hydroxylation sites is 1. The van der Waals surface area contributed by atoms with Crippen LogP contribution in [0.1, 0.15) is 0 Å². The van der Waals surface area contributed by atoms with Crippen LogP contribution >= 0.6 is 11.3 Å². The zero-order chi connectivity index (χ0) is 13.7. The number of imidazole rings is 1. The molecule has 0 radical (unpaired) electrons. The standard InChI is InChI=1S/C15H10N2O2S/c18-9-5-6-10(13(19)7-9)11-8-17-12-3-1-2-4-14(12)20-15(17)16-11/h1-8,18-19H. The largest absolute Gasteiger partial charge is 0.508 e. The summed E-state index contributed by atoms with van der Waals surface area (Å²) in [5, 5.41) is 19.3. The Morgan fingerprint density at radius 1 is 1.05 bits per heavy atom. The highest BCUT2D eigenvalue weighted by molar-refractivity contribution is 7.23. The fourth-order valence-electron chi connectivity index (χ4n) is 2.32.